The standard InChI is InChI=1S/C17H18ClNO3/c1-22-15-9-5-8-14(18)16(15)17(21)19-11-13(20)10-12-6-3-2-4-7-12/h2-9,13,20H,10-11H2,1H3,(H,19,21). The highest BCUT2D eigenvalue weighted by Crippen LogP contribution is 2.25. The van der Waals surface area contributed by atoms with Gasteiger partial charge >= 0.3 is 0 Å². The summed E-state index contributed by atoms with van der Waals surface area (Å²) < 4.78 is 5.14. The molecule has 0 spiro atoms. The molecule has 2 aromatic carbocycles. The average molecular weight is 320 g/mol. The van der Waals surface area contributed by atoms with Crippen molar-refractivity contribution in [2.75, 3.05) is 13.7 Å². The molecule has 116 valence electrons. The molecule has 0 aromatic heterocycles. The van der Waals surface area contributed by atoms with Crippen LogP contribution in [0.1, 0.15) is 15.9 Å². The van der Waals surface area contributed by atoms with Crippen LogP contribution in [0.25, 0.3) is 0 Å². The highest BCUT2D eigenvalue weighted by atomic mass is 35.5. The number of hydrogen-bond donors (Lipinski definition) is 2. The van der Waals surface area contributed by atoms with E-state index in [-0.39, 0.29) is 18.0 Å². The Morgan fingerprint density at radius 2 is 1.95 bits per heavy atom. The molecule has 0 heterocycles. The number of aliphatic hydroxyl groups excluding tert-OH is 1. The molecule has 4 nitrogen and oxygen atoms in total. The smallest absolute Gasteiger partial charge is 0.256 e. The molecule has 2 N–H and O–H groups in total. The summed E-state index contributed by atoms with van der Waals surface area (Å²) in [6, 6.07) is 14.6. The van der Waals surface area contributed by atoms with Crippen molar-refractivity contribution in [2.24, 2.45) is 0 Å². The molecular formula is C17H18ClNO3. The zero-order valence-corrected chi connectivity index (χ0v) is 13.0. The molecule has 0 aliphatic rings. The Hall–Kier alpha value is -2.04. The van der Waals surface area contributed by atoms with E-state index in [1.54, 1.807) is 18.2 Å². The minimum Gasteiger partial charge on any atom is -0.496 e. The monoisotopic (exact) mass is 319 g/mol. The highest BCUT2D eigenvalue weighted by molar-refractivity contribution is 6.34. The number of rotatable bonds is 6. The van der Waals surface area contributed by atoms with Crippen LogP contribution in [0, 0.1) is 0 Å². The molecule has 0 fully saturated rings. The molecule has 1 amide bonds. The van der Waals surface area contributed by atoms with Crippen LogP contribution in [-0.4, -0.2) is 30.8 Å². The van der Waals surface area contributed by atoms with Gasteiger partial charge < -0.3 is 15.2 Å². The number of aliphatic hydroxyl groups is 1. The fourth-order valence-electron chi connectivity index (χ4n) is 2.15. The third-order valence-electron chi connectivity index (χ3n) is 3.23. The van der Waals surface area contributed by atoms with Crippen LogP contribution in [0.2, 0.25) is 5.02 Å². The third kappa shape index (κ3) is 4.23. The van der Waals surface area contributed by atoms with E-state index in [0.717, 1.165) is 5.56 Å². The Labute approximate surface area is 134 Å². The van der Waals surface area contributed by atoms with Crippen molar-refractivity contribution in [3.63, 3.8) is 0 Å². The van der Waals surface area contributed by atoms with Crippen LogP contribution in [0.15, 0.2) is 48.5 Å². The van der Waals surface area contributed by atoms with E-state index >= 15 is 0 Å². The molecule has 5 heteroatoms. The zero-order valence-electron chi connectivity index (χ0n) is 12.3. The fourth-order valence-corrected chi connectivity index (χ4v) is 2.40. The number of hydrogen-bond acceptors (Lipinski definition) is 3. The SMILES string of the molecule is COc1cccc(Cl)c1C(=O)NCC(O)Cc1ccccc1. The number of amides is 1. The fraction of sp³-hybridized carbons (Fsp3) is 0.235. The largest absolute Gasteiger partial charge is 0.496 e. The predicted octanol–water partition coefficient (Wildman–Crippen LogP) is 2.68. The second-order valence-electron chi connectivity index (χ2n) is 4.87. The Morgan fingerprint density at radius 3 is 2.64 bits per heavy atom. The number of benzene rings is 2. The lowest BCUT2D eigenvalue weighted by Gasteiger charge is -2.14. The molecule has 0 bridgehead atoms. The lowest BCUT2D eigenvalue weighted by molar-refractivity contribution is 0.0913. The van der Waals surface area contributed by atoms with E-state index < -0.39 is 6.10 Å². The first-order valence-electron chi connectivity index (χ1n) is 6.94. The van der Waals surface area contributed by atoms with Gasteiger partial charge in [-0.2, -0.15) is 0 Å². The van der Waals surface area contributed by atoms with Gasteiger partial charge in [0, 0.05) is 13.0 Å². The van der Waals surface area contributed by atoms with Gasteiger partial charge in [0.2, 0.25) is 0 Å². The Morgan fingerprint density at radius 1 is 1.23 bits per heavy atom. The van der Waals surface area contributed by atoms with Gasteiger partial charge in [-0.15, -0.1) is 0 Å². The molecule has 0 radical (unpaired) electrons. The van der Waals surface area contributed by atoms with Crippen molar-refractivity contribution in [3.8, 4) is 5.75 Å². The number of carbonyl (C=O) groups excluding carboxylic acids is 1. The summed E-state index contributed by atoms with van der Waals surface area (Å²) in [6.07, 6.45) is -0.194. The quantitative estimate of drug-likeness (QED) is 0.860. The normalized spacial score (nSPS) is 11.8. The topological polar surface area (TPSA) is 58.6 Å². The minimum absolute atomic E-state index is 0.141. The first-order valence-corrected chi connectivity index (χ1v) is 7.32. The van der Waals surface area contributed by atoms with Gasteiger partial charge in [0.15, 0.2) is 0 Å². The summed E-state index contributed by atoms with van der Waals surface area (Å²) >= 11 is 6.04. The molecule has 0 saturated carbocycles. The van der Waals surface area contributed by atoms with E-state index in [4.69, 9.17) is 16.3 Å². The van der Waals surface area contributed by atoms with Gasteiger partial charge in [-0.25, -0.2) is 0 Å². The molecule has 0 aliphatic carbocycles. The summed E-state index contributed by atoms with van der Waals surface area (Å²) in [5, 5.41) is 13.0. The highest BCUT2D eigenvalue weighted by Gasteiger charge is 2.17. The maximum atomic E-state index is 12.2. The third-order valence-corrected chi connectivity index (χ3v) is 3.55. The van der Waals surface area contributed by atoms with Crippen molar-refractivity contribution >= 4 is 17.5 Å². The van der Waals surface area contributed by atoms with E-state index in [1.165, 1.54) is 7.11 Å². The second-order valence-corrected chi connectivity index (χ2v) is 5.28. The summed E-state index contributed by atoms with van der Waals surface area (Å²) in [5.74, 6) is 0.0390. The number of nitrogens with one attached hydrogen (secondary N) is 1. The summed E-state index contributed by atoms with van der Waals surface area (Å²) in [7, 11) is 1.48. The van der Waals surface area contributed by atoms with Crippen molar-refractivity contribution in [3.05, 3.63) is 64.7 Å². The predicted molar refractivity (Wildman–Crippen MR) is 86.5 cm³/mol. The van der Waals surface area contributed by atoms with Crippen LogP contribution < -0.4 is 10.1 Å². The van der Waals surface area contributed by atoms with Gasteiger partial charge in [0.25, 0.3) is 5.91 Å². The van der Waals surface area contributed by atoms with Gasteiger partial charge in [-0.05, 0) is 17.7 Å². The molecule has 1 atom stereocenters. The minimum atomic E-state index is -0.667. The van der Waals surface area contributed by atoms with Crippen LogP contribution in [-0.2, 0) is 6.42 Å². The van der Waals surface area contributed by atoms with Gasteiger partial charge in [-0.1, -0.05) is 48.0 Å². The molecule has 1 unspecified atom stereocenters. The summed E-state index contributed by atoms with van der Waals surface area (Å²) in [5.41, 5.74) is 1.29. The van der Waals surface area contributed by atoms with Gasteiger partial charge in [0.1, 0.15) is 5.75 Å². The Kier molecular flexibility index (Phi) is 5.81. The molecular weight excluding hydrogens is 302 g/mol. The van der Waals surface area contributed by atoms with Crippen molar-refractivity contribution in [1.82, 2.24) is 5.32 Å². The molecule has 2 rings (SSSR count). The first kappa shape index (κ1) is 16.3. The number of carbonyl (C=O) groups is 1. The second kappa shape index (κ2) is 7.82. The van der Waals surface area contributed by atoms with Crippen LogP contribution >= 0.6 is 11.6 Å². The van der Waals surface area contributed by atoms with Gasteiger partial charge in [-0.3, -0.25) is 4.79 Å². The van der Waals surface area contributed by atoms with Crippen molar-refractivity contribution < 1.29 is 14.6 Å². The lowest BCUT2D eigenvalue weighted by Crippen LogP contribution is -2.33. The average Bonchev–Trinajstić information content (AvgIpc) is 2.53. The summed E-state index contributed by atoms with van der Waals surface area (Å²) in [6.45, 7) is 0.141. The first-order chi connectivity index (χ1) is 10.6. The van der Waals surface area contributed by atoms with Gasteiger partial charge in [0.05, 0.1) is 23.8 Å². The molecule has 22 heavy (non-hydrogen) atoms. The molecule has 0 aliphatic heterocycles. The van der Waals surface area contributed by atoms with Crippen LogP contribution in [0.3, 0.4) is 0 Å². The molecule has 2 aromatic rings. The molecule has 0 saturated heterocycles. The number of halogens is 1. The Bertz CT molecular complexity index is 631. The van der Waals surface area contributed by atoms with E-state index in [0.29, 0.717) is 17.2 Å². The van der Waals surface area contributed by atoms with Crippen molar-refractivity contribution in [2.45, 2.75) is 12.5 Å². The Balaban J connectivity index is 1.95. The number of ether oxygens (including phenoxy) is 1. The summed E-state index contributed by atoms with van der Waals surface area (Å²) in [4.78, 5) is 12.2. The van der Waals surface area contributed by atoms with E-state index in [9.17, 15) is 9.90 Å². The van der Waals surface area contributed by atoms with Crippen LogP contribution in [0.5, 0.6) is 5.75 Å². The maximum absolute atomic E-state index is 12.2. The lowest BCUT2D eigenvalue weighted by atomic mass is 10.1. The van der Waals surface area contributed by atoms with E-state index in [1.807, 2.05) is 30.3 Å². The van der Waals surface area contributed by atoms with Crippen LogP contribution in [0.4, 0.5) is 0 Å². The number of methoxy groups -OCH3 is 1. The maximum Gasteiger partial charge on any atom is 0.256 e. The van der Waals surface area contributed by atoms with E-state index in [2.05, 4.69) is 5.32 Å². The zero-order chi connectivity index (χ0) is 15.9. The van der Waals surface area contributed by atoms with Crippen molar-refractivity contribution in [1.29, 1.82) is 0 Å².